The molecule has 1 saturated carbocycles. The van der Waals surface area contributed by atoms with E-state index in [1.165, 1.54) is 0 Å². The molecule has 0 aromatic carbocycles. The summed E-state index contributed by atoms with van der Waals surface area (Å²) in [5.74, 6) is -0.109. The predicted molar refractivity (Wildman–Crippen MR) is 84.9 cm³/mol. The van der Waals surface area contributed by atoms with Crippen LogP contribution in [0.25, 0.3) is 0 Å². The van der Waals surface area contributed by atoms with Crippen LogP contribution >= 0.6 is 0 Å². The second-order valence-electron chi connectivity index (χ2n) is 6.20. The van der Waals surface area contributed by atoms with E-state index in [0.717, 1.165) is 6.42 Å². The lowest BCUT2D eigenvalue weighted by atomic mass is 9.75. The SMILES string of the molecule is O=C(c1ccncc1)[C@H]1[C@H](C(=O)c2ccncc2)[C@H]2C=C[C@H]1C2. The van der Waals surface area contributed by atoms with Gasteiger partial charge in [0, 0.05) is 47.8 Å². The maximum Gasteiger partial charge on any atom is 0.167 e. The summed E-state index contributed by atoms with van der Waals surface area (Å²) in [7, 11) is 0. The molecule has 2 aliphatic rings. The Labute approximate surface area is 134 Å². The Morgan fingerprint density at radius 2 is 1.13 bits per heavy atom. The zero-order valence-electron chi connectivity index (χ0n) is 12.5. The number of hydrogen-bond donors (Lipinski definition) is 0. The van der Waals surface area contributed by atoms with Gasteiger partial charge in [-0.25, -0.2) is 0 Å². The fraction of sp³-hybridized carbons (Fsp3) is 0.263. The van der Waals surface area contributed by atoms with E-state index in [0.29, 0.717) is 11.1 Å². The summed E-state index contributed by atoms with van der Waals surface area (Å²) in [5.41, 5.74) is 1.27. The van der Waals surface area contributed by atoms with Crippen molar-refractivity contribution < 1.29 is 9.59 Å². The van der Waals surface area contributed by atoms with Crippen molar-refractivity contribution in [1.82, 2.24) is 9.97 Å². The quantitative estimate of drug-likeness (QED) is 0.643. The van der Waals surface area contributed by atoms with Crippen LogP contribution in [0.2, 0.25) is 0 Å². The molecule has 2 aromatic rings. The number of fused-ring (bicyclic) bond motifs is 2. The van der Waals surface area contributed by atoms with E-state index in [1.54, 1.807) is 49.1 Å². The molecule has 2 heterocycles. The van der Waals surface area contributed by atoms with Crippen LogP contribution < -0.4 is 0 Å². The van der Waals surface area contributed by atoms with Crippen LogP contribution in [-0.2, 0) is 0 Å². The van der Waals surface area contributed by atoms with Gasteiger partial charge >= 0.3 is 0 Å². The van der Waals surface area contributed by atoms with Crippen LogP contribution in [0.3, 0.4) is 0 Å². The highest BCUT2D eigenvalue weighted by atomic mass is 16.1. The molecule has 2 aliphatic carbocycles. The van der Waals surface area contributed by atoms with E-state index in [2.05, 4.69) is 22.1 Å². The number of hydrogen-bond acceptors (Lipinski definition) is 4. The van der Waals surface area contributed by atoms with Crippen LogP contribution in [0.15, 0.2) is 61.2 Å². The second-order valence-corrected chi connectivity index (χ2v) is 6.20. The summed E-state index contributed by atoms with van der Waals surface area (Å²) < 4.78 is 0. The minimum absolute atomic E-state index is 0.0525. The number of Topliss-reactive ketones (excluding diaryl/α,β-unsaturated/α-hetero) is 2. The van der Waals surface area contributed by atoms with Gasteiger partial charge < -0.3 is 0 Å². The number of rotatable bonds is 4. The molecule has 4 nitrogen and oxygen atoms in total. The lowest BCUT2D eigenvalue weighted by molar-refractivity contribution is 0.0752. The first-order valence-corrected chi connectivity index (χ1v) is 7.82. The maximum atomic E-state index is 13.0. The van der Waals surface area contributed by atoms with Gasteiger partial charge in [-0.15, -0.1) is 0 Å². The molecule has 4 atom stereocenters. The van der Waals surface area contributed by atoms with Crippen molar-refractivity contribution in [1.29, 1.82) is 0 Å². The van der Waals surface area contributed by atoms with Gasteiger partial charge in [0.2, 0.25) is 0 Å². The van der Waals surface area contributed by atoms with Gasteiger partial charge in [-0.2, -0.15) is 0 Å². The minimum atomic E-state index is -0.270. The van der Waals surface area contributed by atoms with E-state index in [4.69, 9.17) is 0 Å². The average Bonchev–Trinajstić information content (AvgIpc) is 3.23. The van der Waals surface area contributed by atoms with Gasteiger partial charge in [0.25, 0.3) is 0 Å². The Balaban J connectivity index is 1.69. The van der Waals surface area contributed by atoms with Crippen molar-refractivity contribution in [3.63, 3.8) is 0 Å². The third-order valence-electron chi connectivity index (χ3n) is 4.99. The Kier molecular flexibility index (Phi) is 3.37. The zero-order chi connectivity index (χ0) is 15.8. The van der Waals surface area contributed by atoms with Gasteiger partial charge in [0.1, 0.15) is 0 Å². The molecule has 4 rings (SSSR count). The molecular formula is C19H16N2O2. The summed E-state index contributed by atoms with van der Waals surface area (Å²) >= 11 is 0. The summed E-state index contributed by atoms with van der Waals surface area (Å²) in [6, 6.07) is 6.91. The predicted octanol–water partition coefficient (Wildman–Crippen LogP) is 2.98. The molecular weight excluding hydrogens is 288 g/mol. The third-order valence-corrected chi connectivity index (χ3v) is 4.99. The van der Waals surface area contributed by atoms with Gasteiger partial charge in [-0.1, -0.05) is 12.2 Å². The molecule has 114 valence electrons. The minimum Gasteiger partial charge on any atom is -0.294 e. The Bertz CT molecular complexity index is 705. The first-order valence-electron chi connectivity index (χ1n) is 7.82. The van der Waals surface area contributed by atoms with Crippen LogP contribution in [0, 0.1) is 23.7 Å². The smallest absolute Gasteiger partial charge is 0.167 e. The van der Waals surface area contributed by atoms with Gasteiger partial charge in [-0.05, 0) is 42.5 Å². The second kappa shape index (κ2) is 5.54. The fourth-order valence-electron chi connectivity index (χ4n) is 3.95. The summed E-state index contributed by atoms with van der Waals surface area (Å²) in [6.07, 6.45) is 11.6. The number of allylic oxidation sites excluding steroid dienone is 2. The largest absolute Gasteiger partial charge is 0.294 e. The average molecular weight is 304 g/mol. The number of aromatic nitrogens is 2. The Hall–Kier alpha value is -2.62. The lowest BCUT2D eigenvalue weighted by Gasteiger charge is -2.26. The molecule has 0 spiro atoms. The first kappa shape index (κ1) is 14.0. The number of pyridine rings is 2. The maximum absolute atomic E-state index is 13.0. The van der Waals surface area contributed by atoms with E-state index in [9.17, 15) is 9.59 Å². The summed E-state index contributed by atoms with van der Waals surface area (Å²) in [4.78, 5) is 33.8. The number of nitrogens with zero attached hydrogens (tertiary/aromatic N) is 2. The molecule has 2 bridgehead atoms. The van der Waals surface area contributed by atoms with Crippen LogP contribution in [0.4, 0.5) is 0 Å². The molecule has 4 heteroatoms. The van der Waals surface area contributed by atoms with E-state index in [1.807, 2.05) is 0 Å². The highest BCUT2D eigenvalue weighted by molar-refractivity contribution is 6.06. The van der Waals surface area contributed by atoms with Crippen molar-refractivity contribution >= 4 is 11.6 Å². The molecule has 2 aromatic heterocycles. The van der Waals surface area contributed by atoms with Crippen LogP contribution in [0.5, 0.6) is 0 Å². The van der Waals surface area contributed by atoms with E-state index < -0.39 is 0 Å². The monoisotopic (exact) mass is 304 g/mol. The number of ketones is 2. The number of carbonyl (C=O) groups excluding carboxylic acids is 2. The summed E-state index contributed by atoms with van der Waals surface area (Å²) in [6.45, 7) is 0. The molecule has 0 saturated heterocycles. The van der Waals surface area contributed by atoms with E-state index in [-0.39, 0.29) is 35.2 Å². The Morgan fingerprint density at radius 1 is 0.739 bits per heavy atom. The van der Waals surface area contributed by atoms with Crippen molar-refractivity contribution in [3.8, 4) is 0 Å². The molecule has 0 amide bonds. The fourth-order valence-corrected chi connectivity index (χ4v) is 3.95. The van der Waals surface area contributed by atoms with Crippen molar-refractivity contribution in [2.45, 2.75) is 6.42 Å². The number of carbonyl (C=O) groups is 2. The molecule has 0 radical (unpaired) electrons. The van der Waals surface area contributed by atoms with Gasteiger partial charge in [0.05, 0.1) is 0 Å². The highest BCUT2D eigenvalue weighted by Gasteiger charge is 2.51. The molecule has 23 heavy (non-hydrogen) atoms. The highest BCUT2D eigenvalue weighted by Crippen LogP contribution is 2.50. The zero-order valence-corrected chi connectivity index (χ0v) is 12.5. The first-order chi connectivity index (χ1) is 11.3. The molecule has 1 fully saturated rings. The summed E-state index contributed by atoms with van der Waals surface area (Å²) in [5, 5.41) is 0. The molecule has 0 aliphatic heterocycles. The van der Waals surface area contributed by atoms with Crippen molar-refractivity contribution in [2.75, 3.05) is 0 Å². The lowest BCUT2D eigenvalue weighted by Crippen LogP contribution is -2.33. The van der Waals surface area contributed by atoms with Crippen LogP contribution in [-0.4, -0.2) is 21.5 Å². The molecule has 0 unspecified atom stereocenters. The standard InChI is InChI=1S/C19H16N2O2/c22-18(12-3-7-20-8-4-12)16-14-1-2-15(11-14)17(16)19(23)13-5-9-21-10-6-13/h1-10,14-17H,11H2/t14-,15-,16+,17+/m0/s1. The topological polar surface area (TPSA) is 59.9 Å². The van der Waals surface area contributed by atoms with E-state index >= 15 is 0 Å². The van der Waals surface area contributed by atoms with Crippen molar-refractivity contribution in [3.05, 3.63) is 72.3 Å². The third kappa shape index (κ3) is 2.31. The molecule has 0 N–H and O–H groups in total. The van der Waals surface area contributed by atoms with Gasteiger partial charge in [0.15, 0.2) is 11.6 Å². The van der Waals surface area contributed by atoms with Crippen molar-refractivity contribution in [2.24, 2.45) is 23.7 Å². The van der Waals surface area contributed by atoms with Gasteiger partial charge in [-0.3, -0.25) is 19.6 Å². The Morgan fingerprint density at radius 3 is 1.52 bits per heavy atom. The normalized spacial score (nSPS) is 28.0. The van der Waals surface area contributed by atoms with Crippen LogP contribution in [0.1, 0.15) is 27.1 Å².